The van der Waals surface area contributed by atoms with Gasteiger partial charge in [-0.2, -0.15) is 0 Å². The molecule has 1 amide bonds. The Balaban J connectivity index is 1.57. The van der Waals surface area contributed by atoms with Crippen molar-refractivity contribution in [1.29, 1.82) is 0 Å². The van der Waals surface area contributed by atoms with Crippen molar-refractivity contribution in [3.8, 4) is 0 Å². The van der Waals surface area contributed by atoms with Crippen LogP contribution in [0.4, 0.5) is 11.4 Å². The van der Waals surface area contributed by atoms with Crippen LogP contribution in [0.1, 0.15) is 29.8 Å². The third-order valence-corrected chi connectivity index (χ3v) is 8.23. The number of rotatable bonds is 6. The predicted octanol–water partition coefficient (Wildman–Crippen LogP) is 5.19. The van der Waals surface area contributed by atoms with E-state index in [1.807, 2.05) is 61.5 Å². The molecule has 0 aliphatic carbocycles. The molecule has 1 aliphatic heterocycles. The molecule has 5 nitrogen and oxygen atoms in total. The zero-order valence-electron chi connectivity index (χ0n) is 17.4. The maximum atomic E-state index is 13.0. The number of anilines is 2. The van der Waals surface area contributed by atoms with E-state index in [-0.39, 0.29) is 17.7 Å². The highest BCUT2D eigenvalue weighted by atomic mass is 32.2. The molecule has 0 saturated heterocycles. The van der Waals surface area contributed by atoms with Crippen molar-refractivity contribution in [1.82, 2.24) is 0 Å². The lowest BCUT2D eigenvalue weighted by Gasteiger charge is -2.23. The summed E-state index contributed by atoms with van der Waals surface area (Å²) >= 11 is 1.59. The number of sulfonamides is 1. The molecule has 0 aromatic heterocycles. The Kier molecular flexibility index (Phi) is 6.07. The first-order chi connectivity index (χ1) is 14.9. The molecule has 1 atom stereocenters. The van der Waals surface area contributed by atoms with Crippen LogP contribution in [0.5, 0.6) is 0 Å². The second-order valence-electron chi connectivity index (χ2n) is 7.46. The third kappa shape index (κ3) is 4.48. The number of benzene rings is 3. The Morgan fingerprint density at radius 2 is 1.77 bits per heavy atom. The van der Waals surface area contributed by atoms with Crippen LogP contribution in [-0.2, 0) is 16.4 Å². The van der Waals surface area contributed by atoms with Gasteiger partial charge < -0.3 is 5.32 Å². The van der Waals surface area contributed by atoms with Gasteiger partial charge in [-0.3, -0.25) is 9.10 Å². The number of para-hydroxylation sites is 1. The molecule has 7 heteroatoms. The number of hydrogen-bond acceptors (Lipinski definition) is 4. The second-order valence-corrected chi connectivity index (χ2v) is 10.7. The molecule has 31 heavy (non-hydrogen) atoms. The van der Waals surface area contributed by atoms with Gasteiger partial charge in [0.1, 0.15) is 0 Å². The van der Waals surface area contributed by atoms with Crippen LogP contribution >= 0.6 is 11.8 Å². The van der Waals surface area contributed by atoms with Gasteiger partial charge in [0.25, 0.3) is 5.91 Å². The van der Waals surface area contributed by atoms with Gasteiger partial charge in [0.15, 0.2) is 0 Å². The van der Waals surface area contributed by atoms with Gasteiger partial charge in [0.2, 0.25) is 10.0 Å². The number of fused-ring (bicyclic) bond motifs is 1. The van der Waals surface area contributed by atoms with Crippen LogP contribution in [0, 0.1) is 0 Å². The Morgan fingerprint density at radius 1 is 1.06 bits per heavy atom. The highest BCUT2D eigenvalue weighted by Crippen LogP contribution is 2.36. The van der Waals surface area contributed by atoms with Crippen molar-refractivity contribution < 1.29 is 13.2 Å². The first-order valence-corrected chi connectivity index (χ1v) is 12.6. The lowest BCUT2D eigenvalue weighted by atomic mass is 10.1. The molecule has 0 saturated carbocycles. The molecular weight excluding hydrogens is 428 g/mol. The number of hydrogen-bond donors (Lipinski definition) is 1. The largest absolute Gasteiger partial charge is 0.321 e. The van der Waals surface area contributed by atoms with Crippen LogP contribution in [0.2, 0.25) is 0 Å². The molecule has 0 radical (unpaired) electrons. The van der Waals surface area contributed by atoms with Crippen LogP contribution in [-0.4, -0.2) is 26.1 Å². The fourth-order valence-electron chi connectivity index (χ4n) is 3.78. The summed E-state index contributed by atoms with van der Waals surface area (Å²) in [5.41, 5.74) is 2.81. The average molecular weight is 453 g/mol. The molecule has 0 unspecified atom stereocenters. The van der Waals surface area contributed by atoms with Crippen molar-refractivity contribution in [2.24, 2.45) is 0 Å². The average Bonchev–Trinajstić information content (AvgIpc) is 3.11. The fraction of sp³-hybridized carbons (Fsp3) is 0.208. The van der Waals surface area contributed by atoms with Gasteiger partial charge in [0.05, 0.1) is 17.1 Å². The first kappa shape index (κ1) is 21.5. The van der Waals surface area contributed by atoms with Crippen LogP contribution < -0.4 is 9.62 Å². The third-order valence-electron chi connectivity index (χ3n) is 5.27. The minimum atomic E-state index is -3.35. The Hall–Kier alpha value is -2.77. The predicted molar refractivity (Wildman–Crippen MR) is 127 cm³/mol. The molecule has 0 spiro atoms. The van der Waals surface area contributed by atoms with E-state index in [0.717, 1.165) is 21.0 Å². The van der Waals surface area contributed by atoms with Gasteiger partial charge in [-0.1, -0.05) is 42.1 Å². The Morgan fingerprint density at radius 3 is 2.52 bits per heavy atom. The SMILES string of the molecule is CCS(=O)(=O)N1c2ccc(C(=O)Nc3ccccc3Sc3ccccc3)cc2C[C@@H]1C. The number of carbonyl (C=O) groups excluding carboxylic acids is 1. The summed E-state index contributed by atoms with van der Waals surface area (Å²) in [6, 6.07) is 22.8. The minimum Gasteiger partial charge on any atom is -0.321 e. The van der Waals surface area contributed by atoms with Crippen LogP contribution in [0.25, 0.3) is 0 Å². The van der Waals surface area contributed by atoms with Gasteiger partial charge in [-0.05, 0) is 68.3 Å². The second kappa shape index (κ2) is 8.77. The quantitative estimate of drug-likeness (QED) is 0.559. The lowest BCUT2D eigenvalue weighted by molar-refractivity contribution is 0.102. The standard InChI is InChI=1S/C24H24N2O3S2/c1-3-31(28,29)26-17(2)15-19-16-18(13-14-22(19)26)24(27)25-21-11-7-8-12-23(21)30-20-9-5-4-6-10-20/h4-14,16-17H,3,15H2,1-2H3,(H,25,27)/t17-/m0/s1. The van der Waals surface area contributed by atoms with E-state index in [0.29, 0.717) is 17.7 Å². The maximum Gasteiger partial charge on any atom is 0.255 e. The summed E-state index contributed by atoms with van der Waals surface area (Å²) in [6.07, 6.45) is 0.593. The molecule has 1 heterocycles. The summed E-state index contributed by atoms with van der Waals surface area (Å²) in [5, 5.41) is 3.01. The Bertz CT molecular complexity index is 1210. The Labute approximate surface area is 187 Å². The van der Waals surface area contributed by atoms with Crippen molar-refractivity contribution in [3.63, 3.8) is 0 Å². The number of nitrogens with zero attached hydrogens (tertiary/aromatic N) is 1. The monoisotopic (exact) mass is 452 g/mol. The summed E-state index contributed by atoms with van der Waals surface area (Å²) in [4.78, 5) is 15.0. The molecule has 0 fully saturated rings. The van der Waals surface area contributed by atoms with E-state index >= 15 is 0 Å². The van der Waals surface area contributed by atoms with Crippen molar-refractivity contribution in [2.75, 3.05) is 15.4 Å². The smallest absolute Gasteiger partial charge is 0.255 e. The van der Waals surface area contributed by atoms with E-state index in [1.54, 1.807) is 36.9 Å². The summed E-state index contributed by atoms with van der Waals surface area (Å²) in [6.45, 7) is 3.54. The maximum absolute atomic E-state index is 13.0. The zero-order chi connectivity index (χ0) is 22.0. The highest BCUT2D eigenvalue weighted by molar-refractivity contribution is 7.99. The van der Waals surface area contributed by atoms with E-state index in [2.05, 4.69) is 5.32 Å². The highest BCUT2D eigenvalue weighted by Gasteiger charge is 2.34. The van der Waals surface area contributed by atoms with Crippen molar-refractivity contribution in [3.05, 3.63) is 83.9 Å². The summed E-state index contributed by atoms with van der Waals surface area (Å²) in [5.74, 6) is -0.164. The summed E-state index contributed by atoms with van der Waals surface area (Å²) < 4.78 is 26.4. The molecule has 1 N–H and O–H groups in total. The molecule has 4 rings (SSSR count). The van der Waals surface area contributed by atoms with Gasteiger partial charge in [-0.15, -0.1) is 0 Å². The molecule has 3 aromatic carbocycles. The normalized spacial score (nSPS) is 15.5. The van der Waals surface area contributed by atoms with Crippen molar-refractivity contribution >= 4 is 39.1 Å². The van der Waals surface area contributed by atoms with Crippen LogP contribution in [0.15, 0.2) is 82.6 Å². The molecule has 160 valence electrons. The molecule has 1 aliphatic rings. The van der Waals surface area contributed by atoms with E-state index in [1.165, 1.54) is 4.31 Å². The van der Waals surface area contributed by atoms with Crippen LogP contribution in [0.3, 0.4) is 0 Å². The fourth-order valence-corrected chi connectivity index (χ4v) is 6.08. The first-order valence-electron chi connectivity index (χ1n) is 10.2. The van der Waals surface area contributed by atoms with E-state index in [9.17, 15) is 13.2 Å². The summed E-state index contributed by atoms with van der Waals surface area (Å²) in [7, 11) is -3.35. The number of carbonyl (C=O) groups is 1. The topological polar surface area (TPSA) is 66.5 Å². The van der Waals surface area contributed by atoms with Gasteiger partial charge in [0, 0.05) is 21.4 Å². The van der Waals surface area contributed by atoms with Gasteiger partial charge >= 0.3 is 0 Å². The number of amides is 1. The molecule has 0 bridgehead atoms. The lowest BCUT2D eigenvalue weighted by Crippen LogP contribution is -2.36. The van der Waals surface area contributed by atoms with E-state index < -0.39 is 10.0 Å². The molecular formula is C24H24N2O3S2. The minimum absolute atomic E-state index is 0.0505. The molecule has 3 aromatic rings. The van der Waals surface area contributed by atoms with E-state index in [4.69, 9.17) is 0 Å². The zero-order valence-corrected chi connectivity index (χ0v) is 19.0. The van der Waals surface area contributed by atoms with Crippen molar-refractivity contribution in [2.45, 2.75) is 36.1 Å². The number of nitrogens with one attached hydrogen (secondary N) is 1. The van der Waals surface area contributed by atoms with Gasteiger partial charge in [-0.25, -0.2) is 8.42 Å².